The number of hydrogen-bond acceptors (Lipinski definition) is 1. The molecule has 3 nitrogen and oxygen atoms in total. The smallest absolute Gasteiger partial charge is 0.191 e. The van der Waals surface area contributed by atoms with E-state index in [1.54, 1.807) is 0 Å². The Morgan fingerprint density at radius 2 is 1.83 bits per heavy atom. The Morgan fingerprint density at radius 1 is 1.22 bits per heavy atom. The van der Waals surface area contributed by atoms with Crippen LogP contribution in [0, 0.1) is 11.8 Å². The molecular formula is C14H30IN3. The van der Waals surface area contributed by atoms with Crippen molar-refractivity contribution in [3.8, 4) is 0 Å². The molecule has 2 atom stereocenters. The third-order valence-electron chi connectivity index (χ3n) is 3.54. The monoisotopic (exact) mass is 367 g/mol. The first-order valence-corrected chi connectivity index (χ1v) is 6.91. The molecule has 2 N–H and O–H groups in total. The molecule has 0 bridgehead atoms. The van der Waals surface area contributed by atoms with Crippen LogP contribution in [0.25, 0.3) is 0 Å². The van der Waals surface area contributed by atoms with Crippen LogP contribution in [0.1, 0.15) is 53.4 Å². The van der Waals surface area contributed by atoms with Gasteiger partial charge in [0.25, 0.3) is 0 Å². The molecule has 0 spiro atoms. The van der Waals surface area contributed by atoms with Gasteiger partial charge in [-0.25, -0.2) is 0 Å². The average Bonchev–Trinajstić information content (AvgIpc) is 2.24. The summed E-state index contributed by atoms with van der Waals surface area (Å²) in [5.74, 6) is 2.58. The number of halogens is 1. The molecule has 4 heteroatoms. The molecule has 108 valence electrons. The summed E-state index contributed by atoms with van der Waals surface area (Å²) in [7, 11) is 1.84. The zero-order valence-electron chi connectivity index (χ0n) is 12.5. The van der Waals surface area contributed by atoms with Gasteiger partial charge in [0.05, 0.1) is 0 Å². The lowest BCUT2D eigenvalue weighted by Crippen LogP contribution is -2.49. The lowest BCUT2D eigenvalue weighted by molar-refractivity contribution is 0.255. The molecule has 1 aliphatic carbocycles. The molecule has 1 fully saturated rings. The zero-order chi connectivity index (χ0) is 12.9. The lowest BCUT2D eigenvalue weighted by Gasteiger charge is -2.30. The first-order chi connectivity index (χ1) is 7.92. The molecule has 0 saturated heterocycles. The minimum atomic E-state index is 0. The van der Waals surface area contributed by atoms with Crippen LogP contribution in [0.3, 0.4) is 0 Å². The van der Waals surface area contributed by atoms with Crippen LogP contribution in [0.2, 0.25) is 0 Å². The van der Waals surface area contributed by atoms with Crippen molar-refractivity contribution in [2.45, 2.75) is 58.9 Å². The van der Waals surface area contributed by atoms with Gasteiger partial charge in [-0.3, -0.25) is 4.99 Å². The molecule has 1 aliphatic rings. The van der Waals surface area contributed by atoms with Gasteiger partial charge in [0.2, 0.25) is 0 Å². The fourth-order valence-corrected chi connectivity index (χ4v) is 2.46. The molecule has 2 unspecified atom stereocenters. The van der Waals surface area contributed by atoms with E-state index in [1.807, 2.05) is 7.05 Å². The van der Waals surface area contributed by atoms with Crippen molar-refractivity contribution >= 4 is 29.9 Å². The maximum atomic E-state index is 4.28. The second-order valence-corrected chi connectivity index (χ2v) is 6.35. The molecule has 0 amide bonds. The molecule has 1 rings (SSSR count). The Morgan fingerprint density at radius 3 is 2.33 bits per heavy atom. The van der Waals surface area contributed by atoms with Crippen molar-refractivity contribution in [1.29, 1.82) is 0 Å². The Labute approximate surface area is 130 Å². The van der Waals surface area contributed by atoms with Gasteiger partial charge in [-0.2, -0.15) is 0 Å². The predicted octanol–water partition coefficient (Wildman–Crippen LogP) is 3.39. The summed E-state index contributed by atoms with van der Waals surface area (Å²) in [5.41, 5.74) is 0.0695. The van der Waals surface area contributed by atoms with E-state index in [-0.39, 0.29) is 29.5 Å². The van der Waals surface area contributed by atoms with E-state index in [0.29, 0.717) is 0 Å². The van der Waals surface area contributed by atoms with E-state index in [4.69, 9.17) is 0 Å². The Hall–Kier alpha value is 0. The lowest BCUT2D eigenvalue weighted by atomic mass is 9.80. The number of nitrogens with one attached hydrogen (secondary N) is 2. The normalized spacial score (nSPS) is 25.3. The summed E-state index contributed by atoms with van der Waals surface area (Å²) in [6, 6.07) is 0. The number of guanidine groups is 1. The van der Waals surface area contributed by atoms with Crippen LogP contribution < -0.4 is 10.6 Å². The minimum absolute atomic E-state index is 0. The van der Waals surface area contributed by atoms with E-state index in [9.17, 15) is 0 Å². The third-order valence-corrected chi connectivity index (χ3v) is 3.54. The second kappa shape index (κ2) is 8.23. The van der Waals surface area contributed by atoms with Gasteiger partial charge in [-0.1, -0.05) is 26.2 Å². The van der Waals surface area contributed by atoms with Gasteiger partial charge in [-0.15, -0.1) is 24.0 Å². The van der Waals surface area contributed by atoms with Crippen molar-refractivity contribution < 1.29 is 0 Å². The van der Waals surface area contributed by atoms with Crippen molar-refractivity contribution in [1.82, 2.24) is 10.6 Å². The molecule has 0 heterocycles. The van der Waals surface area contributed by atoms with E-state index in [0.717, 1.165) is 24.3 Å². The fourth-order valence-electron chi connectivity index (χ4n) is 2.46. The highest BCUT2D eigenvalue weighted by Crippen LogP contribution is 2.28. The molecule has 0 aromatic rings. The minimum Gasteiger partial charge on any atom is -0.356 e. The number of aliphatic imine (C=N–C) groups is 1. The van der Waals surface area contributed by atoms with Crippen LogP contribution in [0.5, 0.6) is 0 Å². The maximum absolute atomic E-state index is 4.28. The van der Waals surface area contributed by atoms with Crippen LogP contribution in [-0.2, 0) is 0 Å². The third kappa shape index (κ3) is 6.81. The molecule has 0 aromatic heterocycles. The summed E-state index contributed by atoms with van der Waals surface area (Å²) in [5, 5.41) is 6.86. The molecule has 0 aliphatic heterocycles. The van der Waals surface area contributed by atoms with Crippen molar-refractivity contribution in [2.24, 2.45) is 16.8 Å². The van der Waals surface area contributed by atoms with Gasteiger partial charge >= 0.3 is 0 Å². The topological polar surface area (TPSA) is 36.4 Å². The highest BCUT2D eigenvalue weighted by Gasteiger charge is 2.21. The number of nitrogens with zero attached hydrogens (tertiary/aromatic N) is 1. The van der Waals surface area contributed by atoms with Gasteiger partial charge in [0.15, 0.2) is 5.96 Å². The SMILES string of the molecule is CN=C(NCC1CCCCC1C)NC(C)(C)C.I. The van der Waals surface area contributed by atoms with Crippen LogP contribution in [-0.4, -0.2) is 25.1 Å². The van der Waals surface area contributed by atoms with Gasteiger partial charge in [0, 0.05) is 19.1 Å². The first-order valence-electron chi connectivity index (χ1n) is 6.91. The molecule has 18 heavy (non-hydrogen) atoms. The highest BCUT2D eigenvalue weighted by atomic mass is 127. The number of hydrogen-bond donors (Lipinski definition) is 2. The molecule has 0 radical (unpaired) electrons. The summed E-state index contributed by atoms with van der Waals surface area (Å²) in [4.78, 5) is 4.28. The highest BCUT2D eigenvalue weighted by molar-refractivity contribution is 14.0. The Bertz CT molecular complexity index is 258. The van der Waals surface area contributed by atoms with E-state index in [1.165, 1.54) is 25.7 Å². The second-order valence-electron chi connectivity index (χ2n) is 6.35. The van der Waals surface area contributed by atoms with Gasteiger partial charge in [-0.05, 0) is 39.0 Å². The number of rotatable bonds is 2. The van der Waals surface area contributed by atoms with Gasteiger partial charge in [0.1, 0.15) is 0 Å². The van der Waals surface area contributed by atoms with Gasteiger partial charge < -0.3 is 10.6 Å². The Kier molecular flexibility index (Phi) is 8.23. The molecule has 0 aromatic carbocycles. The predicted molar refractivity (Wildman–Crippen MR) is 90.8 cm³/mol. The molecule has 1 saturated carbocycles. The van der Waals surface area contributed by atoms with Crippen molar-refractivity contribution in [3.63, 3.8) is 0 Å². The van der Waals surface area contributed by atoms with Crippen LogP contribution >= 0.6 is 24.0 Å². The molecular weight excluding hydrogens is 337 g/mol. The van der Waals surface area contributed by atoms with Crippen molar-refractivity contribution in [2.75, 3.05) is 13.6 Å². The first kappa shape index (κ1) is 18.0. The zero-order valence-corrected chi connectivity index (χ0v) is 14.9. The van der Waals surface area contributed by atoms with E-state index in [2.05, 4.69) is 43.3 Å². The quantitative estimate of drug-likeness (QED) is 0.446. The van der Waals surface area contributed by atoms with Crippen LogP contribution in [0.4, 0.5) is 0 Å². The summed E-state index contributed by atoms with van der Waals surface area (Å²) in [6.07, 6.45) is 5.55. The summed E-state index contributed by atoms with van der Waals surface area (Å²) < 4.78 is 0. The Balaban J connectivity index is 0.00000289. The van der Waals surface area contributed by atoms with Crippen LogP contribution in [0.15, 0.2) is 4.99 Å². The fraction of sp³-hybridized carbons (Fsp3) is 0.929. The largest absolute Gasteiger partial charge is 0.356 e. The summed E-state index contributed by atoms with van der Waals surface area (Å²) in [6.45, 7) is 9.90. The maximum Gasteiger partial charge on any atom is 0.191 e. The average molecular weight is 367 g/mol. The van der Waals surface area contributed by atoms with Crippen molar-refractivity contribution in [3.05, 3.63) is 0 Å². The van der Waals surface area contributed by atoms with E-state index >= 15 is 0 Å². The van der Waals surface area contributed by atoms with E-state index < -0.39 is 0 Å². The summed E-state index contributed by atoms with van der Waals surface area (Å²) >= 11 is 0. The standard InChI is InChI=1S/C14H29N3.HI/c1-11-8-6-7-9-12(11)10-16-13(15-5)17-14(2,3)4;/h11-12H,6-10H2,1-5H3,(H2,15,16,17);1H.